The number of aromatic nitrogens is 3. The summed E-state index contributed by atoms with van der Waals surface area (Å²) < 4.78 is 0. The molecule has 25 heavy (non-hydrogen) atoms. The fourth-order valence-corrected chi connectivity index (χ4v) is 2.97. The van der Waals surface area contributed by atoms with Gasteiger partial charge in [-0.3, -0.25) is 0 Å². The van der Waals surface area contributed by atoms with Crippen LogP contribution in [-0.4, -0.2) is 15.0 Å². The van der Waals surface area contributed by atoms with Crippen LogP contribution < -0.4 is 5.32 Å². The molecule has 0 amide bonds. The molecule has 6 heteroatoms. The minimum Gasteiger partial charge on any atom is -0.324 e. The van der Waals surface area contributed by atoms with Crippen molar-refractivity contribution in [3.05, 3.63) is 63.9 Å². The Morgan fingerprint density at radius 2 is 1.60 bits per heavy atom. The molecular weight excluding hydrogens is 334 g/mol. The van der Waals surface area contributed by atoms with Gasteiger partial charge < -0.3 is 5.32 Å². The lowest BCUT2D eigenvalue weighted by Gasteiger charge is -2.12. The van der Waals surface area contributed by atoms with Crippen LogP contribution in [0.5, 0.6) is 0 Å². The average molecular weight is 350 g/mol. The lowest BCUT2D eigenvalue weighted by molar-refractivity contribution is 1.05. The number of rotatable bonds is 3. The molecule has 0 unspecified atom stereocenters. The van der Waals surface area contributed by atoms with Gasteiger partial charge in [0.05, 0.1) is 11.6 Å². The van der Waals surface area contributed by atoms with Gasteiger partial charge in [0, 0.05) is 11.3 Å². The summed E-state index contributed by atoms with van der Waals surface area (Å²) in [6, 6.07) is 13.3. The molecule has 0 fully saturated rings. The van der Waals surface area contributed by atoms with Gasteiger partial charge in [-0.2, -0.15) is 20.2 Å². The molecule has 3 aromatic rings. The van der Waals surface area contributed by atoms with Crippen LogP contribution in [0.15, 0.2) is 36.4 Å². The molecule has 0 aliphatic heterocycles. The number of anilines is 2. The minimum absolute atomic E-state index is 0.125. The van der Waals surface area contributed by atoms with E-state index in [0.29, 0.717) is 17.3 Å². The van der Waals surface area contributed by atoms with Crippen molar-refractivity contribution in [2.45, 2.75) is 20.8 Å². The van der Waals surface area contributed by atoms with Crippen LogP contribution in [-0.2, 0) is 0 Å². The maximum absolute atomic E-state index is 8.87. The van der Waals surface area contributed by atoms with Gasteiger partial charge in [-0.25, -0.2) is 0 Å². The molecule has 3 rings (SSSR count). The Bertz CT molecular complexity index is 951. The third-order valence-electron chi connectivity index (χ3n) is 3.78. The molecule has 0 aliphatic rings. The first-order valence-corrected chi connectivity index (χ1v) is 8.11. The second-order valence-electron chi connectivity index (χ2n) is 5.84. The number of halogens is 1. The highest BCUT2D eigenvalue weighted by molar-refractivity contribution is 6.28. The maximum Gasteiger partial charge on any atom is 0.232 e. The van der Waals surface area contributed by atoms with Crippen molar-refractivity contribution in [3.63, 3.8) is 0 Å². The second kappa shape index (κ2) is 6.88. The first-order chi connectivity index (χ1) is 12.0. The third-order valence-corrected chi connectivity index (χ3v) is 3.95. The summed E-state index contributed by atoms with van der Waals surface area (Å²) in [5, 5.41) is 12.1. The summed E-state index contributed by atoms with van der Waals surface area (Å²) in [5.41, 5.74) is 5.68. The lowest BCUT2D eigenvalue weighted by atomic mass is 9.99. The van der Waals surface area contributed by atoms with Crippen molar-refractivity contribution in [1.82, 2.24) is 15.0 Å². The summed E-state index contributed by atoms with van der Waals surface area (Å²) in [7, 11) is 0. The highest BCUT2D eigenvalue weighted by Crippen LogP contribution is 2.27. The topological polar surface area (TPSA) is 74.5 Å². The molecular formula is C19H16ClN5. The Morgan fingerprint density at radius 3 is 2.20 bits per heavy atom. The van der Waals surface area contributed by atoms with E-state index >= 15 is 0 Å². The minimum atomic E-state index is 0.125. The van der Waals surface area contributed by atoms with E-state index in [1.54, 1.807) is 24.3 Å². The predicted molar refractivity (Wildman–Crippen MR) is 98.9 cm³/mol. The molecule has 2 aromatic carbocycles. The van der Waals surface area contributed by atoms with E-state index in [0.717, 1.165) is 22.4 Å². The van der Waals surface area contributed by atoms with Crippen LogP contribution in [0.4, 0.5) is 11.6 Å². The standard InChI is InChI=1S/C19H16ClN5/c1-11-8-12(2)16(13(3)9-11)17-23-18(20)25-19(24-17)22-15-6-4-14(10-21)5-7-15/h4-9H,1-3H3,(H,22,23,24,25). The number of nitriles is 1. The van der Waals surface area contributed by atoms with Crippen LogP contribution in [0, 0.1) is 32.1 Å². The lowest BCUT2D eigenvalue weighted by Crippen LogP contribution is -2.03. The Hall–Kier alpha value is -2.97. The van der Waals surface area contributed by atoms with Crippen molar-refractivity contribution in [2.24, 2.45) is 0 Å². The SMILES string of the molecule is Cc1cc(C)c(-c2nc(Cl)nc(Nc3ccc(C#N)cc3)n2)c(C)c1. The molecule has 0 atom stereocenters. The Kier molecular flexibility index (Phi) is 4.64. The quantitative estimate of drug-likeness (QED) is 0.739. The van der Waals surface area contributed by atoms with Gasteiger partial charge in [-0.1, -0.05) is 17.7 Å². The summed E-state index contributed by atoms with van der Waals surface area (Å²) >= 11 is 6.10. The van der Waals surface area contributed by atoms with Crippen LogP contribution in [0.3, 0.4) is 0 Å². The van der Waals surface area contributed by atoms with Gasteiger partial charge in [0.1, 0.15) is 0 Å². The molecule has 1 heterocycles. The van der Waals surface area contributed by atoms with Gasteiger partial charge in [0.2, 0.25) is 11.2 Å². The van der Waals surface area contributed by atoms with Gasteiger partial charge in [0.15, 0.2) is 5.82 Å². The van der Waals surface area contributed by atoms with E-state index in [4.69, 9.17) is 16.9 Å². The molecule has 1 aromatic heterocycles. The smallest absolute Gasteiger partial charge is 0.232 e. The van der Waals surface area contributed by atoms with E-state index in [9.17, 15) is 0 Å². The molecule has 0 saturated heterocycles. The zero-order valence-electron chi connectivity index (χ0n) is 14.1. The third kappa shape index (κ3) is 3.76. The van der Waals surface area contributed by atoms with E-state index < -0.39 is 0 Å². The molecule has 0 spiro atoms. The van der Waals surface area contributed by atoms with Crippen molar-refractivity contribution in [3.8, 4) is 17.5 Å². The Balaban J connectivity index is 2.00. The molecule has 124 valence electrons. The van der Waals surface area contributed by atoms with Crippen LogP contribution in [0.1, 0.15) is 22.3 Å². The first-order valence-electron chi connectivity index (χ1n) is 7.73. The molecule has 0 radical (unpaired) electrons. The zero-order valence-corrected chi connectivity index (χ0v) is 14.9. The van der Waals surface area contributed by atoms with Crippen molar-refractivity contribution in [2.75, 3.05) is 5.32 Å². The fourth-order valence-electron chi connectivity index (χ4n) is 2.81. The number of benzene rings is 2. The van der Waals surface area contributed by atoms with Crippen molar-refractivity contribution in [1.29, 1.82) is 5.26 Å². The summed E-state index contributed by atoms with van der Waals surface area (Å²) in [5.74, 6) is 0.894. The summed E-state index contributed by atoms with van der Waals surface area (Å²) in [6.07, 6.45) is 0. The predicted octanol–water partition coefficient (Wildman–Crippen LogP) is 4.73. The number of nitrogens with zero attached hydrogens (tertiary/aromatic N) is 4. The monoisotopic (exact) mass is 349 g/mol. The second-order valence-corrected chi connectivity index (χ2v) is 6.18. The first kappa shape index (κ1) is 16.9. The Morgan fingerprint density at radius 1 is 0.960 bits per heavy atom. The van der Waals surface area contributed by atoms with Gasteiger partial charge in [0.25, 0.3) is 0 Å². The van der Waals surface area contributed by atoms with Gasteiger partial charge in [-0.05, 0) is 67.8 Å². The molecule has 0 bridgehead atoms. The number of hydrogen-bond donors (Lipinski definition) is 1. The van der Waals surface area contributed by atoms with Crippen molar-refractivity contribution >= 4 is 23.2 Å². The van der Waals surface area contributed by atoms with Crippen LogP contribution >= 0.6 is 11.6 Å². The van der Waals surface area contributed by atoms with E-state index in [2.05, 4.69) is 45.4 Å². The van der Waals surface area contributed by atoms with Gasteiger partial charge >= 0.3 is 0 Å². The zero-order chi connectivity index (χ0) is 18.0. The van der Waals surface area contributed by atoms with Gasteiger partial charge in [-0.15, -0.1) is 0 Å². The highest BCUT2D eigenvalue weighted by Gasteiger charge is 2.13. The van der Waals surface area contributed by atoms with E-state index in [-0.39, 0.29) is 5.28 Å². The summed E-state index contributed by atoms with van der Waals surface area (Å²) in [6.45, 7) is 6.11. The fraction of sp³-hybridized carbons (Fsp3) is 0.158. The average Bonchev–Trinajstić information content (AvgIpc) is 2.54. The largest absolute Gasteiger partial charge is 0.324 e. The van der Waals surface area contributed by atoms with E-state index in [1.807, 2.05) is 13.8 Å². The van der Waals surface area contributed by atoms with Crippen molar-refractivity contribution < 1.29 is 0 Å². The maximum atomic E-state index is 8.87. The summed E-state index contributed by atoms with van der Waals surface area (Å²) in [4.78, 5) is 12.9. The molecule has 5 nitrogen and oxygen atoms in total. The number of nitrogens with one attached hydrogen (secondary N) is 1. The molecule has 1 N–H and O–H groups in total. The highest BCUT2D eigenvalue weighted by atomic mass is 35.5. The Labute approximate surface area is 151 Å². The number of hydrogen-bond acceptors (Lipinski definition) is 5. The van der Waals surface area contributed by atoms with Crippen LogP contribution in [0.2, 0.25) is 5.28 Å². The van der Waals surface area contributed by atoms with E-state index in [1.165, 1.54) is 5.56 Å². The normalized spacial score (nSPS) is 10.4. The molecule has 0 saturated carbocycles. The van der Waals surface area contributed by atoms with Crippen LogP contribution in [0.25, 0.3) is 11.4 Å². The number of aryl methyl sites for hydroxylation is 3. The molecule has 0 aliphatic carbocycles.